The zero-order chi connectivity index (χ0) is 11.1. The summed E-state index contributed by atoms with van der Waals surface area (Å²) in [6.45, 7) is 6.26. The average Bonchev–Trinajstić information content (AvgIpc) is 2.29. The summed E-state index contributed by atoms with van der Waals surface area (Å²) < 4.78 is 0. The molecular weight excluding hydrogens is 188 g/mol. The maximum atomic E-state index is 8.75. The minimum Gasteiger partial charge on any atom is -0.396 e. The van der Waals surface area contributed by atoms with Gasteiger partial charge < -0.3 is 15.3 Å². The Morgan fingerprint density at radius 1 is 1.47 bits per heavy atom. The third-order valence-corrected chi connectivity index (χ3v) is 3.59. The van der Waals surface area contributed by atoms with Gasteiger partial charge in [-0.15, -0.1) is 0 Å². The van der Waals surface area contributed by atoms with Gasteiger partial charge in [0.15, 0.2) is 0 Å². The molecule has 15 heavy (non-hydrogen) atoms. The summed E-state index contributed by atoms with van der Waals surface area (Å²) in [5.41, 5.74) is 0. The van der Waals surface area contributed by atoms with Gasteiger partial charge in [0.2, 0.25) is 0 Å². The summed E-state index contributed by atoms with van der Waals surface area (Å²) in [5.74, 6) is 0.804. The number of likely N-dealkylation sites (tertiary alicyclic amines) is 1. The maximum Gasteiger partial charge on any atom is 0.0431 e. The molecular formula is C12H26N2O. The summed E-state index contributed by atoms with van der Waals surface area (Å²) >= 11 is 0. The van der Waals surface area contributed by atoms with Crippen molar-refractivity contribution in [1.29, 1.82) is 0 Å². The largest absolute Gasteiger partial charge is 0.396 e. The van der Waals surface area contributed by atoms with Crippen LogP contribution in [0.15, 0.2) is 0 Å². The van der Waals surface area contributed by atoms with E-state index in [0.717, 1.165) is 25.3 Å². The van der Waals surface area contributed by atoms with E-state index >= 15 is 0 Å². The van der Waals surface area contributed by atoms with Crippen molar-refractivity contribution in [1.82, 2.24) is 10.2 Å². The molecule has 0 aromatic heterocycles. The fourth-order valence-electron chi connectivity index (χ4n) is 2.39. The Balaban J connectivity index is 2.22. The highest BCUT2D eigenvalue weighted by atomic mass is 16.2. The second-order valence-corrected chi connectivity index (χ2v) is 4.71. The van der Waals surface area contributed by atoms with Crippen LogP contribution in [0, 0.1) is 5.92 Å². The minimum absolute atomic E-state index is 0.337. The second-order valence-electron chi connectivity index (χ2n) is 4.71. The number of hydrogen-bond acceptors (Lipinski definition) is 3. The van der Waals surface area contributed by atoms with E-state index in [1.54, 1.807) is 0 Å². The van der Waals surface area contributed by atoms with Gasteiger partial charge in [0.05, 0.1) is 0 Å². The van der Waals surface area contributed by atoms with Crippen LogP contribution in [0.1, 0.15) is 32.6 Å². The van der Waals surface area contributed by atoms with Gasteiger partial charge in [-0.05, 0) is 58.7 Å². The number of rotatable bonds is 6. The monoisotopic (exact) mass is 214 g/mol. The molecule has 1 aliphatic rings. The topological polar surface area (TPSA) is 35.5 Å². The first kappa shape index (κ1) is 12.9. The molecule has 1 fully saturated rings. The first-order valence-electron chi connectivity index (χ1n) is 6.28. The number of unbranched alkanes of at least 4 members (excludes halogenated alkanes) is 1. The zero-order valence-corrected chi connectivity index (χ0v) is 10.2. The van der Waals surface area contributed by atoms with Crippen molar-refractivity contribution in [3.63, 3.8) is 0 Å². The standard InChI is InChI=1S/C12H26N2O/c1-11(13-2)12-6-5-8-14(10-12)7-3-4-9-15/h11-13,15H,3-10H2,1-2H3. The number of nitrogens with one attached hydrogen (secondary N) is 1. The van der Waals surface area contributed by atoms with E-state index in [1.807, 2.05) is 0 Å². The van der Waals surface area contributed by atoms with E-state index < -0.39 is 0 Å². The molecule has 2 atom stereocenters. The lowest BCUT2D eigenvalue weighted by Crippen LogP contribution is -2.43. The molecule has 0 aromatic carbocycles. The SMILES string of the molecule is CNC(C)C1CCCN(CCCCO)C1. The van der Waals surface area contributed by atoms with Crippen LogP contribution in [0.3, 0.4) is 0 Å². The van der Waals surface area contributed by atoms with Crippen molar-refractivity contribution >= 4 is 0 Å². The molecule has 2 N–H and O–H groups in total. The van der Waals surface area contributed by atoms with E-state index in [-0.39, 0.29) is 0 Å². The predicted molar refractivity (Wildman–Crippen MR) is 64.0 cm³/mol. The van der Waals surface area contributed by atoms with Gasteiger partial charge in [-0.1, -0.05) is 0 Å². The van der Waals surface area contributed by atoms with Crippen molar-refractivity contribution in [2.75, 3.05) is 33.3 Å². The van der Waals surface area contributed by atoms with E-state index in [1.165, 1.54) is 25.9 Å². The summed E-state index contributed by atoms with van der Waals surface area (Å²) in [7, 11) is 2.05. The van der Waals surface area contributed by atoms with Gasteiger partial charge in [-0.2, -0.15) is 0 Å². The summed E-state index contributed by atoms with van der Waals surface area (Å²) in [6, 6.07) is 0.630. The Morgan fingerprint density at radius 3 is 2.93 bits per heavy atom. The lowest BCUT2D eigenvalue weighted by molar-refractivity contribution is 0.148. The van der Waals surface area contributed by atoms with Crippen LogP contribution in [0.5, 0.6) is 0 Å². The molecule has 3 heteroatoms. The Hall–Kier alpha value is -0.120. The van der Waals surface area contributed by atoms with Crippen LogP contribution in [-0.2, 0) is 0 Å². The van der Waals surface area contributed by atoms with Crippen molar-refractivity contribution < 1.29 is 5.11 Å². The predicted octanol–water partition coefficient (Wildman–Crippen LogP) is 1.08. The third kappa shape index (κ3) is 4.49. The normalized spacial score (nSPS) is 25.4. The van der Waals surface area contributed by atoms with Crippen LogP contribution in [0.25, 0.3) is 0 Å². The van der Waals surface area contributed by atoms with Gasteiger partial charge in [-0.25, -0.2) is 0 Å². The number of piperidine rings is 1. The fourth-order valence-corrected chi connectivity index (χ4v) is 2.39. The van der Waals surface area contributed by atoms with Crippen molar-refractivity contribution in [3.05, 3.63) is 0 Å². The molecule has 0 aromatic rings. The molecule has 1 aliphatic heterocycles. The van der Waals surface area contributed by atoms with Gasteiger partial charge in [0.1, 0.15) is 0 Å². The van der Waals surface area contributed by atoms with Gasteiger partial charge in [-0.3, -0.25) is 0 Å². The van der Waals surface area contributed by atoms with Crippen LogP contribution in [0.2, 0.25) is 0 Å². The van der Waals surface area contributed by atoms with Gasteiger partial charge in [0.25, 0.3) is 0 Å². The molecule has 0 saturated carbocycles. The highest BCUT2D eigenvalue weighted by molar-refractivity contribution is 4.79. The molecule has 3 nitrogen and oxygen atoms in total. The lowest BCUT2D eigenvalue weighted by Gasteiger charge is -2.35. The van der Waals surface area contributed by atoms with Crippen molar-refractivity contribution in [2.24, 2.45) is 5.92 Å². The minimum atomic E-state index is 0.337. The van der Waals surface area contributed by atoms with Crippen molar-refractivity contribution in [2.45, 2.75) is 38.6 Å². The summed E-state index contributed by atoms with van der Waals surface area (Å²) in [5, 5.41) is 12.1. The highest BCUT2D eigenvalue weighted by Crippen LogP contribution is 2.19. The lowest BCUT2D eigenvalue weighted by atomic mass is 9.91. The van der Waals surface area contributed by atoms with Crippen LogP contribution < -0.4 is 5.32 Å². The Kier molecular flexibility index (Phi) is 6.22. The molecule has 1 saturated heterocycles. The van der Waals surface area contributed by atoms with Crippen LogP contribution in [-0.4, -0.2) is 49.3 Å². The summed E-state index contributed by atoms with van der Waals surface area (Å²) in [4.78, 5) is 2.55. The first-order valence-corrected chi connectivity index (χ1v) is 6.28. The molecule has 1 heterocycles. The van der Waals surface area contributed by atoms with E-state index in [9.17, 15) is 0 Å². The molecule has 0 spiro atoms. The smallest absolute Gasteiger partial charge is 0.0431 e. The fraction of sp³-hybridized carbons (Fsp3) is 1.00. The van der Waals surface area contributed by atoms with E-state index in [2.05, 4.69) is 24.2 Å². The molecule has 90 valence electrons. The second kappa shape index (κ2) is 7.20. The Labute approximate surface area is 93.9 Å². The number of aliphatic hydroxyl groups is 1. The maximum absolute atomic E-state index is 8.75. The zero-order valence-electron chi connectivity index (χ0n) is 10.2. The van der Waals surface area contributed by atoms with Gasteiger partial charge in [0, 0.05) is 19.2 Å². The quantitative estimate of drug-likeness (QED) is 0.650. The molecule has 0 amide bonds. The third-order valence-electron chi connectivity index (χ3n) is 3.59. The van der Waals surface area contributed by atoms with E-state index in [0.29, 0.717) is 12.6 Å². The molecule has 1 rings (SSSR count). The molecule has 0 bridgehead atoms. The van der Waals surface area contributed by atoms with Crippen LogP contribution >= 0.6 is 0 Å². The highest BCUT2D eigenvalue weighted by Gasteiger charge is 2.23. The molecule has 0 aliphatic carbocycles. The number of aliphatic hydroxyl groups excluding tert-OH is 1. The van der Waals surface area contributed by atoms with Gasteiger partial charge >= 0.3 is 0 Å². The van der Waals surface area contributed by atoms with Crippen LogP contribution in [0.4, 0.5) is 0 Å². The van der Waals surface area contributed by atoms with E-state index in [4.69, 9.17) is 5.11 Å². The number of nitrogens with zero attached hydrogens (tertiary/aromatic N) is 1. The summed E-state index contributed by atoms with van der Waals surface area (Å²) in [6.07, 6.45) is 4.77. The number of hydrogen-bond donors (Lipinski definition) is 2. The Morgan fingerprint density at radius 2 is 2.27 bits per heavy atom. The molecule has 2 unspecified atom stereocenters. The molecule has 0 radical (unpaired) electrons. The van der Waals surface area contributed by atoms with Crippen molar-refractivity contribution in [3.8, 4) is 0 Å². The first-order chi connectivity index (χ1) is 7.27. The Bertz CT molecular complexity index is 164. The average molecular weight is 214 g/mol.